The number of nitrogens with one attached hydrogen (secondary N) is 1. The van der Waals surface area contributed by atoms with E-state index in [1.54, 1.807) is 24.5 Å². The number of phenolic OH excluding ortho intramolecular Hbond substituents is 1. The predicted molar refractivity (Wildman–Crippen MR) is 88.6 cm³/mol. The zero-order valence-electron chi connectivity index (χ0n) is 12.1. The number of para-hydroxylation sites is 2. The number of halogens is 1. The van der Waals surface area contributed by atoms with E-state index in [9.17, 15) is 5.11 Å². The lowest BCUT2D eigenvalue weighted by Crippen LogP contribution is -2.07. The molecule has 1 aromatic carbocycles. The summed E-state index contributed by atoms with van der Waals surface area (Å²) in [6, 6.07) is 6.98. The highest BCUT2D eigenvalue weighted by molar-refractivity contribution is 9.10. The van der Waals surface area contributed by atoms with Gasteiger partial charge in [0.2, 0.25) is 4.73 Å². The zero-order chi connectivity index (χ0) is 15.8. The van der Waals surface area contributed by atoms with Crippen LogP contribution in [-0.2, 0) is 4.74 Å². The summed E-state index contributed by atoms with van der Waals surface area (Å²) in [6.45, 7) is 0.750. The molecule has 23 heavy (non-hydrogen) atoms. The summed E-state index contributed by atoms with van der Waals surface area (Å²) in [7, 11) is 0. The smallest absolute Gasteiger partial charge is 0.200 e. The SMILES string of the molecule is Oc1ccccc1Nc1nc(Br)nc2c1ncn2C1CCCO1. The van der Waals surface area contributed by atoms with Crippen LogP contribution in [0.1, 0.15) is 19.1 Å². The lowest BCUT2D eigenvalue weighted by molar-refractivity contribution is 0.0592. The average molecular weight is 376 g/mol. The van der Waals surface area contributed by atoms with E-state index in [2.05, 4.69) is 36.2 Å². The van der Waals surface area contributed by atoms with Gasteiger partial charge in [-0.3, -0.25) is 4.57 Å². The lowest BCUT2D eigenvalue weighted by Gasteiger charge is -2.12. The summed E-state index contributed by atoms with van der Waals surface area (Å²) < 4.78 is 8.08. The van der Waals surface area contributed by atoms with Crippen LogP contribution in [0.15, 0.2) is 35.3 Å². The summed E-state index contributed by atoms with van der Waals surface area (Å²) in [5, 5.41) is 13.0. The van der Waals surface area contributed by atoms with Gasteiger partial charge in [0.05, 0.1) is 12.0 Å². The third-order valence-electron chi connectivity index (χ3n) is 3.77. The molecule has 0 bridgehead atoms. The van der Waals surface area contributed by atoms with Crippen LogP contribution in [0.4, 0.5) is 11.5 Å². The van der Waals surface area contributed by atoms with Gasteiger partial charge in [-0.1, -0.05) is 12.1 Å². The highest BCUT2D eigenvalue weighted by Gasteiger charge is 2.22. The Labute approximate surface area is 140 Å². The Balaban J connectivity index is 1.79. The first-order valence-electron chi connectivity index (χ1n) is 7.29. The van der Waals surface area contributed by atoms with E-state index >= 15 is 0 Å². The van der Waals surface area contributed by atoms with Crippen molar-refractivity contribution in [3.8, 4) is 5.75 Å². The molecule has 3 heterocycles. The minimum Gasteiger partial charge on any atom is -0.506 e. The van der Waals surface area contributed by atoms with Crippen LogP contribution in [0, 0.1) is 0 Å². The number of aromatic hydroxyl groups is 1. The van der Waals surface area contributed by atoms with E-state index in [4.69, 9.17) is 4.74 Å². The molecule has 1 saturated heterocycles. The molecule has 0 amide bonds. The van der Waals surface area contributed by atoms with E-state index in [0.29, 0.717) is 27.4 Å². The number of ether oxygens (including phenoxy) is 1. The Hall–Kier alpha value is -2.19. The molecule has 2 N–H and O–H groups in total. The summed E-state index contributed by atoms with van der Waals surface area (Å²) in [6.07, 6.45) is 3.65. The van der Waals surface area contributed by atoms with Gasteiger partial charge in [-0.2, -0.15) is 0 Å². The van der Waals surface area contributed by atoms with Crippen molar-refractivity contribution in [2.24, 2.45) is 0 Å². The molecular formula is C15H14BrN5O2. The van der Waals surface area contributed by atoms with Crippen LogP contribution >= 0.6 is 15.9 Å². The van der Waals surface area contributed by atoms with Gasteiger partial charge in [0.1, 0.15) is 12.0 Å². The van der Waals surface area contributed by atoms with E-state index in [1.165, 1.54) is 0 Å². The fourth-order valence-corrected chi connectivity index (χ4v) is 3.02. The van der Waals surface area contributed by atoms with Crippen molar-refractivity contribution in [3.63, 3.8) is 0 Å². The molecule has 4 rings (SSSR count). The molecule has 2 aromatic heterocycles. The van der Waals surface area contributed by atoms with E-state index in [0.717, 1.165) is 19.4 Å². The minimum atomic E-state index is -0.0419. The van der Waals surface area contributed by atoms with Crippen LogP contribution in [0.2, 0.25) is 0 Å². The number of fused-ring (bicyclic) bond motifs is 1. The van der Waals surface area contributed by atoms with Crippen LogP contribution in [0.5, 0.6) is 5.75 Å². The van der Waals surface area contributed by atoms with Crippen molar-refractivity contribution in [1.29, 1.82) is 0 Å². The predicted octanol–water partition coefficient (Wildman–Crippen LogP) is 3.35. The van der Waals surface area contributed by atoms with Crippen molar-refractivity contribution < 1.29 is 9.84 Å². The van der Waals surface area contributed by atoms with Gasteiger partial charge in [0.25, 0.3) is 0 Å². The summed E-state index contributed by atoms with van der Waals surface area (Å²) in [5.74, 6) is 0.675. The number of aromatic nitrogens is 4. The fourth-order valence-electron chi connectivity index (χ4n) is 2.67. The molecule has 7 nitrogen and oxygen atoms in total. The molecule has 0 radical (unpaired) electrons. The third kappa shape index (κ3) is 2.64. The summed E-state index contributed by atoms with van der Waals surface area (Å²) >= 11 is 3.34. The number of rotatable bonds is 3. The van der Waals surface area contributed by atoms with E-state index in [1.807, 2.05) is 10.6 Å². The number of benzene rings is 1. The number of hydrogen-bond acceptors (Lipinski definition) is 6. The summed E-state index contributed by atoms with van der Waals surface area (Å²) in [4.78, 5) is 13.2. The largest absolute Gasteiger partial charge is 0.506 e. The number of phenols is 1. The molecule has 8 heteroatoms. The van der Waals surface area contributed by atoms with Gasteiger partial charge >= 0.3 is 0 Å². The second-order valence-corrected chi connectivity index (χ2v) is 5.98. The van der Waals surface area contributed by atoms with Gasteiger partial charge in [0, 0.05) is 6.61 Å². The number of imidazole rings is 1. The van der Waals surface area contributed by atoms with Gasteiger partial charge in [-0.25, -0.2) is 15.0 Å². The third-order valence-corrected chi connectivity index (χ3v) is 4.12. The molecule has 0 saturated carbocycles. The Morgan fingerprint density at radius 2 is 2.17 bits per heavy atom. The van der Waals surface area contributed by atoms with Crippen LogP contribution < -0.4 is 5.32 Å². The molecule has 118 valence electrons. The maximum Gasteiger partial charge on any atom is 0.200 e. The maximum atomic E-state index is 9.93. The number of hydrogen-bond donors (Lipinski definition) is 2. The first-order valence-corrected chi connectivity index (χ1v) is 8.08. The topological polar surface area (TPSA) is 85.1 Å². The van der Waals surface area contributed by atoms with Crippen molar-refractivity contribution in [2.75, 3.05) is 11.9 Å². The quantitative estimate of drug-likeness (QED) is 0.539. The zero-order valence-corrected chi connectivity index (χ0v) is 13.7. The first-order chi connectivity index (χ1) is 11.2. The standard InChI is InChI=1S/C15H14BrN5O2/c16-15-19-13(18-9-4-1-2-5-10(9)22)12-14(20-15)21(8-17-12)11-6-3-7-23-11/h1-2,4-5,8,11,22H,3,6-7H2,(H,18,19,20). The highest BCUT2D eigenvalue weighted by Crippen LogP contribution is 2.32. The van der Waals surface area contributed by atoms with Crippen molar-refractivity contribution in [1.82, 2.24) is 19.5 Å². The molecule has 1 atom stereocenters. The Bertz CT molecular complexity index is 860. The normalized spacial score (nSPS) is 17.7. The fraction of sp³-hybridized carbons (Fsp3) is 0.267. The molecule has 1 aliphatic rings. The molecule has 1 unspecified atom stereocenters. The highest BCUT2D eigenvalue weighted by atomic mass is 79.9. The molecular weight excluding hydrogens is 362 g/mol. The molecule has 0 spiro atoms. The average Bonchev–Trinajstić information content (AvgIpc) is 3.18. The van der Waals surface area contributed by atoms with Crippen LogP contribution in [0.25, 0.3) is 11.2 Å². The monoisotopic (exact) mass is 375 g/mol. The van der Waals surface area contributed by atoms with Crippen molar-refractivity contribution >= 4 is 38.6 Å². The van der Waals surface area contributed by atoms with Crippen molar-refractivity contribution in [2.45, 2.75) is 19.1 Å². The Kier molecular flexibility index (Phi) is 3.62. The number of anilines is 2. The van der Waals surface area contributed by atoms with E-state index in [-0.39, 0.29) is 12.0 Å². The molecule has 0 aliphatic carbocycles. The van der Waals surface area contributed by atoms with Crippen molar-refractivity contribution in [3.05, 3.63) is 35.3 Å². The summed E-state index contributed by atoms with van der Waals surface area (Å²) in [5.41, 5.74) is 1.88. The second kappa shape index (κ2) is 5.78. The maximum absolute atomic E-state index is 9.93. The van der Waals surface area contributed by atoms with Gasteiger partial charge < -0.3 is 15.2 Å². The molecule has 1 fully saturated rings. The molecule has 3 aromatic rings. The minimum absolute atomic E-state index is 0.0419. The van der Waals surface area contributed by atoms with E-state index < -0.39 is 0 Å². The van der Waals surface area contributed by atoms with Gasteiger partial charge in [-0.15, -0.1) is 0 Å². The Morgan fingerprint density at radius 1 is 1.30 bits per heavy atom. The van der Waals surface area contributed by atoms with Crippen LogP contribution in [0.3, 0.4) is 0 Å². The van der Waals surface area contributed by atoms with Crippen LogP contribution in [-0.4, -0.2) is 31.2 Å². The van der Waals surface area contributed by atoms with Gasteiger partial charge in [0.15, 0.2) is 17.0 Å². The van der Waals surface area contributed by atoms with Gasteiger partial charge in [-0.05, 0) is 40.9 Å². The lowest BCUT2D eigenvalue weighted by atomic mass is 10.3. The first kappa shape index (κ1) is 14.4. The Morgan fingerprint density at radius 3 is 2.96 bits per heavy atom. The molecule has 1 aliphatic heterocycles. The number of nitrogens with zero attached hydrogens (tertiary/aromatic N) is 4. The second-order valence-electron chi connectivity index (χ2n) is 5.28.